The maximum absolute atomic E-state index is 13.4. The van der Waals surface area contributed by atoms with Crippen molar-refractivity contribution in [3.8, 4) is 6.07 Å². The average molecular weight is 458 g/mol. The van der Waals surface area contributed by atoms with Gasteiger partial charge in [0.1, 0.15) is 0 Å². The van der Waals surface area contributed by atoms with Gasteiger partial charge in [0.15, 0.2) is 0 Å². The summed E-state index contributed by atoms with van der Waals surface area (Å²) in [6.45, 7) is 2.82. The first-order chi connectivity index (χ1) is 15.8. The van der Waals surface area contributed by atoms with Crippen LogP contribution in [0.5, 0.6) is 0 Å². The number of piperidine rings is 1. The Hall–Kier alpha value is -3.12. The van der Waals surface area contributed by atoms with Gasteiger partial charge in [-0.25, -0.2) is 0 Å². The van der Waals surface area contributed by atoms with E-state index in [4.69, 9.17) is 10.00 Å². The summed E-state index contributed by atoms with van der Waals surface area (Å²) in [5.74, 6) is 0.0855. The predicted molar refractivity (Wildman–Crippen MR) is 116 cm³/mol. The predicted octanol–water partition coefficient (Wildman–Crippen LogP) is 3.98. The SMILES string of the molecule is COCC1CN(C(=O)c2cccnc2)CC12CCN(c1ccc(C#N)c(C(F)(F)F)c1)CC2. The third-order valence-electron chi connectivity index (χ3n) is 6.93. The zero-order valence-electron chi connectivity index (χ0n) is 18.3. The fraction of sp³-hybridized carbons (Fsp3) is 0.458. The van der Waals surface area contributed by atoms with Gasteiger partial charge in [0.05, 0.1) is 29.4 Å². The zero-order chi connectivity index (χ0) is 23.6. The molecule has 1 aromatic heterocycles. The van der Waals surface area contributed by atoms with Gasteiger partial charge in [-0.05, 0) is 48.6 Å². The largest absolute Gasteiger partial charge is 0.417 e. The minimum Gasteiger partial charge on any atom is -0.384 e. The molecule has 2 saturated heterocycles. The molecule has 0 N–H and O–H groups in total. The summed E-state index contributed by atoms with van der Waals surface area (Å²) in [7, 11) is 1.64. The molecule has 0 saturated carbocycles. The highest BCUT2D eigenvalue weighted by molar-refractivity contribution is 5.94. The summed E-state index contributed by atoms with van der Waals surface area (Å²) >= 11 is 0. The van der Waals surface area contributed by atoms with Crippen LogP contribution in [0.1, 0.15) is 34.3 Å². The fourth-order valence-electron chi connectivity index (χ4n) is 5.13. The first-order valence-electron chi connectivity index (χ1n) is 10.8. The van der Waals surface area contributed by atoms with Crippen molar-refractivity contribution < 1.29 is 22.7 Å². The van der Waals surface area contributed by atoms with Crippen molar-refractivity contribution in [2.45, 2.75) is 19.0 Å². The van der Waals surface area contributed by atoms with Crippen molar-refractivity contribution in [1.82, 2.24) is 9.88 Å². The van der Waals surface area contributed by atoms with E-state index in [1.807, 2.05) is 9.80 Å². The molecule has 1 unspecified atom stereocenters. The van der Waals surface area contributed by atoms with Crippen LogP contribution in [0.25, 0.3) is 0 Å². The Labute approximate surface area is 190 Å². The normalized spacial score (nSPS) is 20.2. The third-order valence-corrected chi connectivity index (χ3v) is 6.93. The molecular formula is C24H25F3N4O2. The summed E-state index contributed by atoms with van der Waals surface area (Å²) in [4.78, 5) is 20.8. The van der Waals surface area contributed by atoms with E-state index < -0.39 is 11.7 Å². The van der Waals surface area contributed by atoms with Crippen LogP contribution in [0.2, 0.25) is 0 Å². The number of carbonyl (C=O) groups excluding carboxylic acids is 1. The lowest BCUT2D eigenvalue weighted by molar-refractivity contribution is -0.137. The van der Waals surface area contributed by atoms with Gasteiger partial charge in [-0.3, -0.25) is 9.78 Å². The smallest absolute Gasteiger partial charge is 0.384 e. The van der Waals surface area contributed by atoms with Crippen molar-refractivity contribution >= 4 is 11.6 Å². The molecule has 6 nitrogen and oxygen atoms in total. The summed E-state index contributed by atoms with van der Waals surface area (Å²) in [6.07, 6.45) is 0.0715. The minimum absolute atomic E-state index is 0.0644. The number of likely N-dealkylation sites (tertiary alicyclic amines) is 1. The lowest BCUT2D eigenvalue weighted by Gasteiger charge is -2.43. The molecule has 1 spiro atoms. The molecule has 0 aliphatic carbocycles. The number of amides is 1. The number of carbonyl (C=O) groups is 1. The number of alkyl halides is 3. The number of hydrogen-bond donors (Lipinski definition) is 0. The molecule has 2 aliphatic heterocycles. The van der Waals surface area contributed by atoms with Crippen molar-refractivity contribution in [3.05, 3.63) is 59.4 Å². The first kappa shape index (κ1) is 23.1. The molecular weight excluding hydrogens is 433 g/mol. The maximum Gasteiger partial charge on any atom is 0.417 e. The Kier molecular flexibility index (Phi) is 6.30. The van der Waals surface area contributed by atoms with Gasteiger partial charge in [-0.2, -0.15) is 18.4 Å². The van der Waals surface area contributed by atoms with E-state index in [9.17, 15) is 18.0 Å². The van der Waals surface area contributed by atoms with E-state index >= 15 is 0 Å². The molecule has 33 heavy (non-hydrogen) atoms. The summed E-state index contributed by atoms with van der Waals surface area (Å²) in [5, 5.41) is 9.04. The minimum atomic E-state index is -4.58. The Morgan fingerprint density at radius 2 is 2.06 bits per heavy atom. The van der Waals surface area contributed by atoms with Crippen molar-refractivity contribution in [2.24, 2.45) is 11.3 Å². The number of nitrogens with zero attached hydrogens (tertiary/aromatic N) is 4. The number of pyridine rings is 1. The van der Waals surface area contributed by atoms with Gasteiger partial charge in [-0.1, -0.05) is 0 Å². The lowest BCUT2D eigenvalue weighted by Crippen LogP contribution is -2.45. The Bertz CT molecular complexity index is 1040. The van der Waals surface area contributed by atoms with E-state index in [1.165, 1.54) is 6.07 Å². The van der Waals surface area contributed by atoms with Crippen molar-refractivity contribution in [1.29, 1.82) is 5.26 Å². The van der Waals surface area contributed by atoms with Gasteiger partial charge in [0.25, 0.3) is 5.91 Å². The van der Waals surface area contributed by atoms with Crippen molar-refractivity contribution in [2.75, 3.05) is 44.8 Å². The zero-order valence-corrected chi connectivity index (χ0v) is 18.3. The quantitative estimate of drug-likeness (QED) is 0.693. The summed E-state index contributed by atoms with van der Waals surface area (Å²) in [6, 6.07) is 8.98. The van der Waals surface area contributed by atoms with E-state index in [0.29, 0.717) is 44.0 Å². The molecule has 1 aromatic carbocycles. The molecule has 0 radical (unpaired) electrons. The van der Waals surface area contributed by atoms with Gasteiger partial charge in [-0.15, -0.1) is 0 Å². The van der Waals surface area contributed by atoms with Crippen LogP contribution in [-0.4, -0.2) is 55.7 Å². The van der Waals surface area contributed by atoms with Crippen LogP contribution in [0.3, 0.4) is 0 Å². The molecule has 3 heterocycles. The van der Waals surface area contributed by atoms with Crippen LogP contribution >= 0.6 is 0 Å². The summed E-state index contributed by atoms with van der Waals surface area (Å²) < 4.78 is 45.6. The number of hydrogen-bond acceptors (Lipinski definition) is 5. The molecule has 1 atom stereocenters. The van der Waals surface area contributed by atoms with Crippen molar-refractivity contribution in [3.63, 3.8) is 0 Å². The van der Waals surface area contributed by atoms with Crippen LogP contribution in [-0.2, 0) is 10.9 Å². The van der Waals surface area contributed by atoms with Crippen LogP contribution in [0.15, 0.2) is 42.7 Å². The highest BCUT2D eigenvalue weighted by atomic mass is 19.4. The van der Waals surface area contributed by atoms with Crippen LogP contribution in [0.4, 0.5) is 18.9 Å². The highest BCUT2D eigenvalue weighted by Crippen LogP contribution is 2.46. The van der Waals surface area contributed by atoms with Gasteiger partial charge >= 0.3 is 6.18 Å². The van der Waals surface area contributed by atoms with E-state index in [-0.39, 0.29) is 22.8 Å². The number of methoxy groups -OCH3 is 1. The van der Waals surface area contributed by atoms with Crippen LogP contribution < -0.4 is 4.90 Å². The first-order valence-corrected chi connectivity index (χ1v) is 10.8. The number of anilines is 1. The number of halogens is 3. The lowest BCUT2D eigenvalue weighted by atomic mass is 9.71. The molecule has 2 aliphatic rings. The molecule has 0 bridgehead atoms. The number of nitriles is 1. The second-order valence-corrected chi connectivity index (χ2v) is 8.77. The average Bonchev–Trinajstić information content (AvgIpc) is 3.16. The van der Waals surface area contributed by atoms with E-state index in [2.05, 4.69) is 4.98 Å². The van der Waals surface area contributed by atoms with E-state index in [0.717, 1.165) is 18.9 Å². The molecule has 9 heteroatoms. The second-order valence-electron chi connectivity index (χ2n) is 8.77. The highest BCUT2D eigenvalue weighted by Gasteiger charge is 2.49. The van der Waals surface area contributed by atoms with Gasteiger partial charge in [0.2, 0.25) is 0 Å². The number of ether oxygens (including phenoxy) is 1. The topological polar surface area (TPSA) is 69.5 Å². The third kappa shape index (κ3) is 4.53. The molecule has 1 amide bonds. The number of rotatable bonds is 4. The van der Waals surface area contributed by atoms with Crippen LogP contribution in [0, 0.1) is 22.7 Å². The van der Waals surface area contributed by atoms with Gasteiger partial charge in [0, 0.05) is 57.3 Å². The Morgan fingerprint density at radius 3 is 2.67 bits per heavy atom. The standard InChI is InChI=1S/C24H25F3N4O2/c1-33-15-19-14-31(22(32)18-3-2-8-29-13-18)16-23(19)6-9-30(10-7-23)20-5-4-17(12-28)21(11-20)24(25,26)27/h2-5,8,11,13,19H,6-7,9-10,14-16H2,1H3. The monoisotopic (exact) mass is 458 g/mol. The second kappa shape index (κ2) is 9.02. The molecule has 4 rings (SSSR count). The Balaban J connectivity index is 1.51. The number of aromatic nitrogens is 1. The molecule has 174 valence electrons. The Morgan fingerprint density at radius 1 is 1.30 bits per heavy atom. The fourth-order valence-corrected chi connectivity index (χ4v) is 5.13. The number of benzene rings is 1. The maximum atomic E-state index is 13.4. The molecule has 2 fully saturated rings. The van der Waals surface area contributed by atoms with E-state index in [1.54, 1.807) is 43.8 Å². The van der Waals surface area contributed by atoms with Gasteiger partial charge < -0.3 is 14.5 Å². The summed E-state index contributed by atoms with van der Waals surface area (Å²) in [5.41, 5.74) is -0.431. The molecule has 2 aromatic rings.